The van der Waals surface area contributed by atoms with E-state index in [0.29, 0.717) is 11.6 Å². The van der Waals surface area contributed by atoms with E-state index < -0.39 is 0 Å². The molecule has 0 amide bonds. The molecule has 3 rings (SSSR count). The molecule has 6 nitrogen and oxygen atoms in total. The normalized spacial score (nSPS) is 20.3. The molecule has 0 radical (unpaired) electrons. The highest BCUT2D eigenvalue weighted by Crippen LogP contribution is 2.24. The Morgan fingerprint density at radius 3 is 3.00 bits per heavy atom. The Morgan fingerprint density at radius 2 is 2.11 bits per heavy atom. The van der Waals surface area contributed by atoms with E-state index in [1.165, 1.54) is 6.33 Å². The van der Waals surface area contributed by atoms with E-state index in [4.69, 9.17) is 0 Å². The highest BCUT2D eigenvalue weighted by molar-refractivity contribution is 5.82. The standard InChI is InChI=1S/C12H15N5O/c18-7-9-2-1-5-17(6-9)12-10-11(15-8-16-12)14-4-3-13-10/h3-4,8-9,18H,1-2,5-7H2/t9-/m0/s1. The fourth-order valence-corrected chi connectivity index (χ4v) is 2.42. The van der Waals surface area contributed by atoms with Crippen LogP contribution in [0.2, 0.25) is 0 Å². The number of aromatic nitrogens is 4. The van der Waals surface area contributed by atoms with Gasteiger partial charge in [-0.25, -0.2) is 19.9 Å². The Balaban J connectivity index is 1.98. The molecule has 1 saturated heterocycles. The van der Waals surface area contributed by atoms with Crippen molar-refractivity contribution in [3.63, 3.8) is 0 Å². The van der Waals surface area contributed by atoms with Crippen LogP contribution in [0.15, 0.2) is 18.7 Å². The molecule has 0 bridgehead atoms. The summed E-state index contributed by atoms with van der Waals surface area (Å²) >= 11 is 0. The van der Waals surface area contributed by atoms with E-state index in [1.54, 1.807) is 12.4 Å². The van der Waals surface area contributed by atoms with E-state index in [-0.39, 0.29) is 6.61 Å². The number of anilines is 1. The predicted molar refractivity (Wildman–Crippen MR) is 67.2 cm³/mol. The van der Waals surface area contributed by atoms with Crippen LogP contribution < -0.4 is 4.90 Å². The van der Waals surface area contributed by atoms with Crippen molar-refractivity contribution in [3.8, 4) is 0 Å². The lowest BCUT2D eigenvalue weighted by Gasteiger charge is -2.32. The van der Waals surface area contributed by atoms with Crippen LogP contribution in [0.5, 0.6) is 0 Å². The molecule has 0 aromatic carbocycles. The minimum atomic E-state index is 0.227. The van der Waals surface area contributed by atoms with Gasteiger partial charge >= 0.3 is 0 Å². The average Bonchev–Trinajstić information content (AvgIpc) is 2.47. The molecular weight excluding hydrogens is 230 g/mol. The largest absolute Gasteiger partial charge is 0.396 e. The summed E-state index contributed by atoms with van der Waals surface area (Å²) in [6.45, 7) is 1.99. The Morgan fingerprint density at radius 1 is 1.22 bits per heavy atom. The second-order valence-electron chi connectivity index (χ2n) is 4.56. The smallest absolute Gasteiger partial charge is 0.183 e. The Kier molecular flexibility index (Phi) is 3.02. The van der Waals surface area contributed by atoms with Crippen molar-refractivity contribution in [1.82, 2.24) is 19.9 Å². The highest BCUT2D eigenvalue weighted by Gasteiger charge is 2.22. The predicted octanol–water partition coefficient (Wildman–Crippen LogP) is 0.629. The molecule has 94 valence electrons. The lowest BCUT2D eigenvalue weighted by atomic mass is 9.99. The van der Waals surface area contributed by atoms with Crippen molar-refractivity contribution < 1.29 is 5.11 Å². The van der Waals surface area contributed by atoms with Gasteiger partial charge in [-0.1, -0.05) is 0 Å². The van der Waals surface area contributed by atoms with Crippen LogP contribution in [0.3, 0.4) is 0 Å². The van der Waals surface area contributed by atoms with Crippen molar-refractivity contribution in [1.29, 1.82) is 0 Å². The molecular formula is C12H15N5O. The molecule has 2 aromatic rings. The fraction of sp³-hybridized carbons (Fsp3) is 0.500. The van der Waals surface area contributed by atoms with Gasteiger partial charge in [0.15, 0.2) is 17.0 Å². The quantitative estimate of drug-likeness (QED) is 0.836. The van der Waals surface area contributed by atoms with Gasteiger partial charge in [0.2, 0.25) is 0 Å². The van der Waals surface area contributed by atoms with Gasteiger partial charge in [-0.2, -0.15) is 0 Å². The lowest BCUT2D eigenvalue weighted by molar-refractivity contribution is 0.208. The summed E-state index contributed by atoms with van der Waals surface area (Å²) in [6, 6.07) is 0. The third-order valence-electron chi connectivity index (χ3n) is 3.33. The number of hydrogen-bond donors (Lipinski definition) is 1. The van der Waals surface area contributed by atoms with Crippen LogP contribution >= 0.6 is 0 Å². The molecule has 18 heavy (non-hydrogen) atoms. The molecule has 1 atom stereocenters. The number of aliphatic hydroxyl groups excluding tert-OH is 1. The third kappa shape index (κ3) is 1.99. The molecule has 0 saturated carbocycles. The summed E-state index contributed by atoms with van der Waals surface area (Å²) in [4.78, 5) is 19.1. The number of aliphatic hydroxyl groups is 1. The van der Waals surface area contributed by atoms with Crippen LogP contribution in [-0.4, -0.2) is 44.7 Å². The minimum absolute atomic E-state index is 0.227. The van der Waals surface area contributed by atoms with E-state index >= 15 is 0 Å². The zero-order valence-electron chi connectivity index (χ0n) is 10.0. The summed E-state index contributed by atoms with van der Waals surface area (Å²) in [5, 5.41) is 9.28. The monoisotopic (exact) mass is 245 g/mol. The SMILES string of the molecule is OC[C@H]1CCCN(c2ncnc3nccnc23)C1. The lowest BCUT2D eigenvalue weighted by Crippen LogP contribution is -2.37. The Hall–Kier alpha value is -1.82. The maximum absolute atomic E-state index is 9.28. The topological polar surface area (TPSA) is 75.0 Å². The fourth-order valence-electron chi connectivity index (χ4n) is 2.42. The first-order valence-corrected chi connectivity index (χ1v) is 6.16. The first-order valence-electron chi connectivity index (χ1n) is 6.16. The Labute approximate surface area is 105 Å². The van der Waals surface area contributed by atoms with Crippen LogP contribution in [0.4, 0.5) is 5.82 Å². The minimum Gasteiger partial charge on any atom is -0.396 e. The average molecular weight is 245 g/mol. The molecule has 0 aliphatic carbocycles. The molecule has 2 aromatic heterocycles. The van der Waals surface area contributed by atoms with Gasteiger partial charge in [-0.15, -0.1) is 0 Å². The van der Waals surface area contributed by atoms with E-state index in [2.05, 4.69) is 24.8 Å². The highest BCUT2D eigenvalue weighted by atomic mass is 16.3. The molecule has 0 spiro atoms. The van der Waals surface area contributed by atoms with Crippen LogP contribution in [0, 0.1) is 5.92 Å². The second-order valence-corrected chi connectivity index (χ2v) is 4.56. The maximum atomic E-state index is 9.28. The van der Waals surface area contributed by atoms with Crippen molar-refractivity contribution in [2.24, 2.45) is 5.92 Å². The van der Waals surface area contributed by atoms with E-state index in [9.17, 15) is 5.11 Å². The third-order valence-corrected chi connectivity index (χ3v) is 3.33. The van der Waals surface area contributed by atoms with Gasteiger partial charge in [0.05, 0.1) is 0 Å². The summed E-state index contributed by atoms with van der Waals surface area (Å²) < 4.78 is 0. The molecule has 1 aliphatic rings. The first-order chi connectivity index (χ1) is 8.88. The Bertz CT molecular complexity index is 541. The zero-order chi connectivity index (χ0) is 12.4. The summed E-state index contributed by atoms with van der Waals surface area (Å²) in [5.74, 6) is 1.15. The van der Waals surface area contributed by atoms with E-state index in [0.717, 1.165) is 37.3 Å². The second kappa shape index (κ2) is 4.81. The first kappa shape index (κ1) is 11.3. The number of piperidine rings is 1. The molecule has 0 unspecified atom stereocenters. The van der Waals surface area contributed by atoms with Crippen LogP contribution in [0.25, 0.3) is 11.2 Å². The van der Waals surface area contributed by atoms with Gasteiger partial charge in [0.1, 0.15) is 6.33 Å². The van der Waals surface area contributed by atoms with E-state index in [1.807, 2.05) is 0 Å². The number of hydrogen-bond acceptors (Lipinski definition) is 6. The number of nitrogens with zero attached hydrogens (tertiary/aromatic N) is 5. The van der Waals surface area contributed by atoms with Gasteiger partial charge in [-0.3, -0.25) is 0 Å². The number of fused-ring (bicyclic) bond motifs is 1. The van der Waals surface area contributed by atoms with Gasteiger partial charge in [-0.05, 0) is 18.8 Å². The summed E-state index contributed by atoms with van der Waals surface area (Å²) in [5.41, 5.74) is 1.35. The summed E-state index contributed by atoms with van der Waals surface area (Å²) in [7, 11) is 0. The van der Waals surface area contributed by atoms with Gasteiger partial charge < -0.3 is 10.0 Å². The van der Waals surface area contributed by atoms with Gasteiger partial charge in [0, 0.05) is 32.1 Å². The van der Waals surface area contributed by atoms with Gasteiger partial charge in [0.25, 0.3) is 0 Å². The van der Waals surface area contributed by atoms with Crippen molar-refractivity contribution >= 4 is 17.0 Å². The van der Waals surface area contributed by atoms with Crippen LogP contribution in [0.1, 0.15) is 12.8 Å². The number of rotatable bonds is 2. The molecule has 1 fully saturated rings. The molecule has 3 heterocycles. The van der Waals surface area contributed by atoms with Crippen molar-refractivity contribution in [2.75, 3.05) is 24.6 Å². The zero-order valence-corrected chi connectivity index (χ0v) is 10.0. The molecule has 6 heteroatoms. The molecule has 1 N–H and O–H groups in total. The van der Waals surface area contributed by atoms with Crippen LogP contribution in [-0.2, 0) is 0 Å². The molecule has 1 aliphatic heterocycles. The summed E-state index contributed by atoms with van der Waals surface area (Å²) in [6.07, 6.45) is 6.95. The maximum Gasteiger partial charge on any atom is 0.183 e. The van der Waals surface area contributed by atoms with Crippen molar-refractivity contribution in [3.05, 3.63) is 18.7 Å². The van der Waals surface area contributed by atoms with Crippen molar-refractivity contribution in [2.45, 2.75) is 12.8 Å².